The summed E-state index contributed by atoms with van der Waals surface area (Å²) in [5.41, 5.74) is 0.328. The topological polar surface area (TPSA) is 67.1 Å². The van der Waals surface area contributed by atoms with Crippen molar-refractivity contribution in [3.63, 3.8) is 0 Å². The highest BCUT2D eigenvalue weighted by Gasteiger charge is 2.07. The number of thiophene rings is 1. The van der Waals surface area contributed by atoms with Crippen LogP contribution in [0, 0.1) is 18.6 Å². The van der Waals surface area contributed by atoms with Crippen molar-refractivity contribution in [2.24, 2.45) is 12.0 Å². The summed E-state index contributed by atoms with van der Waals surface area (Å²) in [5.74, 6) is 1.27. The molecule has 2 heterocycles. The van der Waals surface area contributed by atoms with Crippen molar-refractivity contribution in [3.05, 3.63) is 69.4 Å². The number of guanidine groups is 1. The molecule has 0 aliphatic carbocycles. The predicted molar refractivity (Wildman–Crippen MR) is 106 cm³/mol. The van der Waals surface area contributed by atoms with Crippen LogP contribution >= 0.6 is 11.3 Å². The van der Waals surface area contributed by atoms with Gasteiger partial charge in [-0.25, -0.2) is 13.8 Å². The van der Waals surface area contributed by atoms with Crippen LogP contribution in [-0.4, -0.2) is 27.3 Å². The highest BCUT2D eigenvalue weighted by atomic mass is 32.1. The first kappa shape index (κ1) is 19.9. The SMILES string of the molecule is Cc1nnc(CN=C(NCCc2cc(F)ccc2F)NCc2cccs2)n1C. The third-order valence-corrected chi connectivity index (χ3v) is 5.14. The van der Waals surface area contributed by atoms with E-state index in [1.54, 1.807) is 11.3 Å². The predicted octanol–water partition coefficient (Wildman–Crippen LogP) is 2.94. The molecule has 0 amide bonds. The van der Waals surface area contributed by atoms with E-state index in [1.165, 1.54) is 10.9 Å². The van der Waals surface area contributed by atoms with Gasteiger partial charge in [0.25, 0.3) is 0 Å². The summed E-state index contributed by atoms with van der Waals surface area (Å²) in [4.78, 5) is 5.71. The molecule has 3 aromatic rings. The van der Waals surface area contributed by atoms with Crippen molar-refractivity contribution in [1.82, 2.24) is 25.4 Å². The molecule has 0 spiro atoms. The van der Waals surface area contributed by atoms with E-state index in [-0.39, 0.29) is 0 Å². The molecule has 3 rings (SSSR count). The summed E-state index contributed by atoms with van der Waals surface area (Å²) in [6, 6.07) is 7.50. The highest BCUT2D eigenvalue weighted by Crippen LogP contribution is 2.10. The minimum Gasteiger partial charge on any atom is -0.356 e. The zero-order chi connectivity index (χ0) is 19.9. The summed E-state index contributed by atoms with van der Waals surface area (Å²) in [6.45, 7) is 3.26. The second-order valence-electron chi connectivity index (χ2n) is 6.23. The zero-order valence-electron chi connectivity index (χ0n) is 15.7. The minimum atomic E-state index is -0.446. The number of hydrogen-bond donors (Lipinski definition) is 2. The van der Waals surface area contributed by atoms with E-state index in [0.29, 0.717) is 37.6 Å². The average molecular weight is 404 g/mol. The van der Waals surface area contributed by atoms with E-state index in [9.17, 15) is 8.78 Å². The van der Waals surface area contributed by atoms with Gasteiger partial charge in [0.2, 0.25) is 0 Å². The summed E-state index contributed by atoms with van der Waals surface area (Å²) in [6.07, 6.45) is 0.340. The second kappa shape index (κ2) is 9.41. The van der Waals surface area contributed by atoms with Gasteiger partial charge in [0.1, 0.15) is 24.0 Å². The van der Waals surface area contributed by atoms with Gasteiger partial charge in [-0.05, 0) is 48.6 Å². The van der Waals surface area contributed by atoms with Crippen LogP contribution < -0.4 is 10.6 Å². The molecule has 9 heteroatoms. The summed E-state index contributed by atoms with van der Waals surface area (Å²) < 4.78 is 29.0. The lowest BCUT2D eigenvalue weighted by molar-refractivity contribution is 0.583. The molecule has 2 N–H and O–H groups in total. The lowest BCUT2D eigenvalue weighted by Gasteiger charge is -2.12. The maximum atomic E-state index is 13.8. The standard InChI is InChI=1S/C19H22F2N6S/c1-13-25-26-18(27(13)2)12-24-19(23-11-16-4-3-9-28-16)22-8-7-14-10-15(20)5-6-17(14)21/h3-6,9-10H,7-8,11-12H2,1-2H3,(H2,22,23,24). The molecule has 2 aromatic heterocycles. The van der Waals surface area contributed by atoms with Gasteiger partial charge in [-0.1, -0.05) is 6.07 Å². The van der Waals surface area contributed by atoms with Crippen LogP contribution in [0.25, 0.3) is 0 Å². The van der Waals surface area contributed by atoms with Gasteiger partial charge < -0.3 is 15.2 Å². The largest absolute Gasteiger partial charge is 0.356 e. The molecule has 0 aliphatic heterocycles. The van der Waals surface area contributed by atoms with Gasteiger partial charge >= 0.3 is 0 Å². The molecular formula is C19H22F2N6S. The van der Waals surface area contributed by atoms with Crippen molar-refractivity contribution in [3.8, 4) is 0 Å². The Bertz CT molecular complexity index is 936. The molecule has 0 radical (unpaired) electrons. The van der Waals surface area contributed by atoms with Crippen LogP contribution in [0.1, 0.15) is 22.1 Å². The normalized spacial score (nSPS) is 11.6. The number of hydrogen-bond acceptors (Lipinski definition) is 4. The highest BCUT2D eigenvalue weighted by molar-refractivity contribution is 7.09. The molecule has 0 saturated heterocycles. The van der Waals surface area contributed by atoms with Crippen molar-refractivity contribution in [1.29, 1.82) is 0 Å². The van der Waals surface area contributed by atoms with Crippen molar-refractivity contribution >= 4 is 17.3 Å². The van der Waals surface area contributed by atoms with Crippen molar-refractivity contribution in [2.45, 2.75) is 26.4 Å². The molecule has 0 bridgehead atoms. The number of benzene rings is 1. The lowest BCUT2D eigenvalue weighted by atomic mass is 10.1. The van der Waals surface area contributed by atoms with Crippen LogP contribution in [0.15, 0.2) is 40.7 Å². The lowest BCUT2D eigenvalue weighted by Crippen LogP contribution is -2.38. The first-order valence-electron chi connectivity index (χ1n) is 8.86. The Labute approximate surface area is 166 Å². The first-order valence-corrected chi connectivity index (χ1v) is 9.74. The Morgan fingerprint density at radius 3 is 2.79 bits per heavy atom. The molecule has 0 atom stereocenters. The average Bonchev–Trinajstić information content (AvgIpc) is 3.31. The van der Waals surface area contributed by atoms with Gasteiger partial charge in [0.15, 0.2) is 11.8 Å². The molecule has 28 heavy (non-hydrogen) atoms. The van der Waals surface area contributed by atoms with Gasteiger partial charge in [-0.15, -0.1) is 21.5 Å². The monoisotopic (exact) mass is 404 g/mol. The number of rotatable bonds is 7. The number of halogens is 2. The van der Waals surface area contributed by atoms with Crippen LogP contribution in [0.2, 0.25) is 0 Å². The van der Waals surface area contributed by atoms with Gasteiger partial charge in [0, 0.05) is 18.5 Å². The molecule has 0 unspecified atom stereocenters. The number of aryl methyl sites for hydroxylation is 1. The quantitative estimate of drug-likeness (QED) is 0.469. The maximum Gasteiger partial charge on any atom is 0.192 e. The van der Waals surface area contributed by atoms with Crippen LogP contribution in [0.5, 0.6) is 0 Å². The Morgan fingerprint density at radius 1 is 1.21 bits per heavy atom. The molecular weight excluding hydrogens is 382 g/mol. The van der Waals surface area contributed by atoms with E-state index < -0.39 is 11.6 Å². The van der Waals surface area contributed by atoms with Crippen molar-refractivity contribution < 1.29 is 8.78 Å². The Hall–Kier alpha value is -2.81. The Balaban J connectivity index is 1.63. The molecule has 148 valence electrons. The third kappa shape index (κ3) is 5.35. The molecule has 6 nitrogen and oxygen atoms in total. The summed E-state index contributed by atoms with van der Waals surface area (Å²) in [7, 11) is 1.89. The fraction of sp³-hybridized carbons (Fsp3) is 0.316. The van der Waals surface area contributed by atoms with Crippen LogP contribution in [0.4, 0.5) is 8.78 Å². The summed E-state index contributed by atoms with van der Waals surface area (Å²) >= 11 is 1.65. The van der Waals surface area contributed by atoms with Gasteiger partial charge in [-0.3, -0.25) is 0 Å². The summed E-state index contributed by atoms with van der Waals surface area (Å²) in [5, 5.41) is 16.6. The van der Waals surface area contributed by atoms with E-state index in [1.807, 2.05) is 36.1 Å². The van der Waals surface area contributed by atoms with E-state index >= 15 is 0 Å². The maximum absolute atomic E-state index is 13.8. The first-order chi connectivity index (χ1) is 13.5. The fourth-order valence-corrected chi connectivity index (χ4v) is 3.19. The van der Waals surface area contributed by atoms with E-state index in [4.69, 9.17) is 0 Å². The molecule has 0 fully saturated rings. The van der Waals surface area contributed by atoms with Gasteiger partial charge in [0.05, 0.1) is 6.54 Å². The Morgan fingerprint density at radius 2 is 2.07 bits per heavy atom. The number of nitrogens with one attached hydrogen (secondary N) is 2. The van der Waals surface area contributed by atoms with Crippen LogP contribution in [-0.2, 0) is 26.6 Å². The Kier molecular flexibility index (Phi) is 6.70. The van der Waals surface area contributed by atoms with E-state index in [2.05, 4.69) is 25.8 Å². The minimum absolute atomic E-state index is 0.328. The zero-order valence-corrected chi connectivity index (χ0v) is 16.6. The molecule has 0 aliphatic rings. The molecule has 1 aromatic carbocycles. The van der Waals surface area contributed by atoms with E-state index in [0.717, 1.165) is 23.8 Å². The third-order valence-electron chi connectivity index (χ3n) is 4.27. The fourth-order valence-electron chi connectivity index (χ4n) is 2.55. The number of aliphatic imine (C=N–C) groups is 1. The second-order valence-corrected chi connectivity index (χ2v) is 7.26. The number of aromatic nitrogens is 3. The number of nitrogens with zero attached hydrogens (tertiary/aromatic N) is 4. The van der Waals surface area contributed by atoms with Crippen molar-refractivity contribution in [2.75, 3.05) is 6.54 Å². The van der Waals surface area contributed by atoms with Gasteiger partial charge in [-0.2, -0.15) is 0 Å². The van der Waals surface area contributed by atoms with Crippen LogP contribution in [0.3, 0.4) is 0 Å². The smallest absolute Gasteiger partial charge is 0.192 e. The molecule has 0 saturated carbocycles.